The van der Waals surface area contributed by atoms with Crippen LogP contribution >= 0.6 is 0 Å². The lowest BCUT2D eigenvalue weighted by atomic mass is 10.1. The molecular weight excluding hydrogens is 302 g/mol. The first-order chi connectivity index (χ1) is 11.5. The van der Waals surface area contributed by atoms with Gasteiger partial charge in [-0.3, -0.25) is 15.2 Å². The first-order valence-corrected chi connectivity index (χ1v) is 7.45. The lowest BCUT2D eigenvalue weighted by molar-refractivity contribution is -0.117. The molecule has 0 aromatic carbocycles. The number of hydrogen-bond acceptors (Lipinski definition) is 3. The van der Waals surface area contributed by atoms with Gasteiger partial charge < -0.3 is 5.32 Å². The Morgan fingerprint density at radius 1 is 1.42 bits per heavy atom. The predicted octanol–water partition coefficient (Wildman–Crippen LogP) is -1.08. The summed E-state index contributed by atoms with van der Waals surface area (Å²) < 4.78 is 0. The van der Waals surface area contributed by atoms with Crippen LogP contribution in [0.3, 0.4) is 0 Å². The van der Waals surface area contributed by atoms with Gasteiger partial charge in [0.25, 0.3) is 5.91 Å². The molecule has 1 heterocycles. The second kappa shape index (κ2) is 7.92. The Kier molecular flexibility index (Phi) is 5.68. The molecule has 3 N–H and O–H groups in total. The molecule has 0 bridgehead atoms. The van der Waals surface area contributed by atoms with E-state index in [4.69, 9.17) is 5.41 Å². The van der Waals surface area contributed by atoms with Crippen LogP contribution in [0.5, 0.6) is 0 Å². The highest BCUT2D eigenvalue weighted by Crippen LogP contribution is 2.03. The van der Waals surface area contributed by atoms with Gasteiger partial charge in [-0.15, -0.1) is 0 Å². The largest absolute Gasteiger partial charge is 0.344 e. The van der Waals surface area contributed by atoms with Gasteiger partial charge in [0.15, 0.2) is 0 Å². The van der Waals surface area contributed by atoms with E-state index >= 15 is 0 Å². The van der Waals surface area contributed by atoms with Crippen molar-refractivity contribution in [2.24, 2.45) is 9.98 Å². The number of rotatable bonds is 4. The maximum atomic E-state index is 12.5. The molecule has 1 aromatic heterocycles. The first kappa shape index (κ1) is 17.2. The Morgan fingerprint density at radius 3 is 2.79 bits per heavy atom. The van der Waals surface area contributed by atoms with Crippen LogP contribution in [0, 0.1) is 0 Å². The third kappa shape index (κ3) is 4.42. The van der Waals surface area contributed by atoms with Crippen LogP contribution in [0.1, 0.15) is 13.3 Å². The van der Waals surface area contributed by atoms with E-state index in [0.717, 1.165) is 5.22 Å². The topological polar surface area (TPSA) is 92.3 Å². The summed E-state index contributed by atoms with van der Waals surface area (Å²) in [6, 6.07) is 3.50. The van der Waals surface area contributed by atoms with Crippen molar-refractivity contribution in [3.63, 3.8) is 0 Å². The molecule has 1 unspecified atom stereocenters. The van der Waals surface area contributed by atoms with Gasteiger partial charge >= 0.3 is 5.84 Å². The van der Waals surface area contributed by atoms with Crippen molar-refractivity contribution < 1.29 is 10.2 Å². The monoisotopic (exact) mass is 322 g/mol. The van der Waals surface area contributed by atoms with E-state index in [1.807, 2.05) is 30.4 Å². The summed E-state index contributed by atoms with van der Waals surface area (Å²) in [4.78, 5) is 24.6. The summed E-state index contributed by atoms with van der Waals surface area (Å²) in [5.74, 6) is -0.421. The van der Waals surface area contributed by atoms with Crippen molar-refractivity contribution in [1.29, 1.82) is 0 Å². The molecule has 1 amide bonds. The van der Waals surface area contributed by atoms with Crippen molar-refractivity contribution in [2.45, 2.75) is 19.4 Å². The number of aliphatic imine (C=N–C) groups is 2. The van der Waals surface area contributed by atoms with Crippen molar-refractivity contribution in [3.8, 4) is 0 Å². The second-order valence-corrected chi connectivity index (χ2v) is 5.26. The number of nitrogens with zero attached hydrogens (tertiary/aromatic N) is 3. The molecule has 0 saturated heterocycles. The summed E-state index contributed by atoms with van der Waals surface area (Å²) >= 11 is 0. The van der Waals surface area contributed by atoms with Crippen LogP contribution in [0.25, 0.3) is 12.3 Å². The fraction of sp³-hybridized carbons (Fsp3) is 0.167. The lowest BCUT2D eigenvalue weighted by Gasteiger charge is -2.14. The van der Waals surface area contributed by atoms with Gasteiger partial charge in [-0.1, -0.05) is 35.9 Å². The Hall–Kier alpha value is -3.15. The zero-order valence-electron chi connectivity index (χ0n) is 13.6. The standard InChI is InChI=1S/C18H19N5O/c1-12-9-10-14(11-21-12)13(2)22-16(17(19)20-3)18(24)23-15-7-5-4-6-8-15/h4-7,9-11,15,19H,1,3,8H2,2H3,(H,23,24)/p+1. The maximum Gasteiger partial charge on any atom is 0.344 e. The van der Waals surface area contributed by atoms with Gasteiger partial charge in [0.2, 0.25) is 5.71 Å². The van der Waals surface area contributed by atoms with Gasteiger partial charge in [-0.05, 0) is 25.5 Å². The molecule has 24 heavy (non-hydrogen) atoms. The molecule has 122 valence electrons. The smallest absolute Gasteiger partial charge is 0.344 e. The zero-order valence-corrected chi connectivity index (χ0v) is 13.6. The fourth-order valence-corrected chi connectivity index (χ4v) is 2.09. The molecular formula is C18H20N5O+. The third-order valence-corrected chi connectivity index (χ3v) is 3.45. The number of amides is 1. The van der Waals surface area contributed by atoms with E-state index in [1.165, 1.54) is 0 Å². The number of pyridine rings is 1. The van der Waals surface area contributed by atoms with Crippen molar-refractivity contribution in [3.05, 3.63) is 53.2 Å². The molecule has 6 heteroatoms. The molecule has 1 aromatic rings. The number of hydrogen-bond donors (Lipinski definition) is 2. The number of nitrogens with two attached hydrogens (primary N) is 1. The first-order valence-electron chi connectivity index (χ1n) is 7.45. The quantitative estimate of drug-likeness (QED) is 0.545. The highest BCUT2D eigenvalue weighted by molar-refractivity contribution is 6.66. The third-order valence-electron chi connectivity index (χ3n) is 3.45. The molecule has 0 aliphatic heterocycles. The number of carbonyl (C=O) groups is 1. The molecule has 0 spiro atoms. The number of nitrogens with one attached hydrogen (secondary N) is 1. The SMILES string of the molecule is C=NC(=[NH2+])C(=NC(C)=c1ccc(=C)nc1)C(=O)NC1C=CC=CC1. The van der Waals surface area contributed by atoms with Crippen molar-refractivity contribution in [2.75, 3.05) is 0 Å². The molecule has 1 atom stereocenters. The van der Waals surface area contributed by atoms with E-state index < -0.39 is 5.91 Å². The normalized spacial score (nSPS) is 18.0. The van der Waals surface area contributed by atoms with Crippen LogP contribution < -0.4 is 21.3 Å². The molecule has 0 radical (unpaired) electrons. The second-order valence-electron chi connectivity index (χ2n) is 5.26. The number of amidine groups is 1. The molecule has 0 saturated carbocycles. The summed E-state index contributed by atoms with van der Waals surface area (Å²) in [7, 11) is 0. The van der Waals surface area contributed by atoms with Gasteiger partial charge in [-0.2, -0.15) is 0 Å². The van der Waals surface area contributed by atoms with E-state index in [9.17, 15) is 4.79 Å². The number of aromatic nitrogens is 1. The van der Waals surface area contributed by atoms with Crippen LogP contribution in [0.2, 0.25) is 0 Å². The summed E-state index contributed by atoms with van der Waals surface area (Å²) in [6.45, 7) is 8.88. The van der Waals surface area contributed by atoms with Crippen LogP contribution in [-0.4, -0.2) is 35.2 Å². The number of allylic oxidation sites excluding steroid dienone is 2. The van der Waals surface area contributed by atoms with Gasteiger partial charge in [0.1, 0.15) is 6.72 Å². The van der Waals surface area contributed by atoms with Crippen LogP contribution in [0.15, 0.2) is 52.6 Å². The van der Waals surface area contributed by atoms with Gasteiger partial charge in [0.05, 0.1) is 11.4 Å². The van der Waals surface area contributed by atoms with E-state index in [0.29, 0.717) is 17.5 Å². The average Bonchev–Trinajstić information content (AvgIpc) is 2.60. The van der Waals surface area contributed by atoms with Crippen LogP contribution in [-0.2, 0) is 4.79 Å². The molecule has 1 aliphatic rings. The van der Waals surface area contributed by atoms with E-state index in [2.05, 4.69) is 33.6 Å². The van der Waals surface area contributed by atoms with Crippen molar-refractivity contribution in [1.82, 2.24) is 10.3 Å². The number of carbonyl (C=O) groups excluding carboxylic acids is 1. The fourth-order valence-electron chi connectivity index (χ4n) is 2.09. The van der Waals surface area contributed by atoms with Crippen LogP contribution in [0.4, 0.5) is 0 Å². The molecule has 1 aliphatic carbocycles. The minimum Gasteiger partial charge on any atom is -0.344 e. The van der Waals surface area contributed by atoms with Gasteiger partial charge in [-0.25, -0.2) is 4.99 Å². The highest BCUT2D eigenvalue weighted by atomic mass is 16.2. The van der Waals surface area contributed by atoms with Gasteiger partial charge in [0, 0.05) is 17.1 Å². The Bertz CT molecular complexity index is 840. The molecule has 2 rings (SSSR count). The summed E-state index contributed by atoms with van der Waals surface area (Å²) in [5, 5.41) is 10.1. The molecule has 0 fully saturated rings. The van der Waals surface area contributed by atoms with Crippen molar-refractivity contribution >= 4 is 36.4 Å². The maximum absolute atomic E-state index is 12.5. The highest BCUT2D eigenvalue weighted by Gasteiger charge is 2.24. The average molecular weight is 322 g/mol. The minimum absolute atomic E-state index is 0.0241. The predicted molar refractivity (Wildman–Crippen MR) is 96.8 cm³/mol. The summed E-state index contributed by atoms with van der Waals surface area (Å²) in [5.41, 5.74) is 0.627. The Morgan fingerprint density at radius 2 is 2.21 bits per heavy atom. The zero-order chi connectivity index (χ0) is 17.5. The Labute approximate surface area is 140 Å². The summed E-state index contributed by atoms with van der Waals surface area (Å²) in [6.07, 6.45) is 10.1. The minimum atomic E-state index is -0.397. The van der Waals surface area contributed by atoms with E-state index in [-0.39, 0.29) is 17.6 Å². The lowest BCUT2D eigenvalue weighted by Crippen LogP contribution is -2.50. The molecule has 6 nitrogen and oxygen atoms in total. The van der Waals surface area contributed by atoms with E-state index in [1.54, 1.807) is 19.2 Å². The Balaban J connectivity index is 2.33.